The van der Waals surface area contributed by atoms with E-state index in [0.29, 0.717) is 54.9 Å². The van der Waals surface area contributed by atoms with Crippen LogP contribution in [0.25, 0.3) is 11.1 Å². The van der Waals surface area contributed by atoms with E-state index in [1.165, 1.54) is 10.4 Å². The molecule has 2 saturated heterocycles. The second kappa shape index (κ2) is 18.7. The monoisotopic (exact) mass is 881 g/mol. The molecule has 0 spiro atoms. The Morgan fingerprint density at radius 1 is 0.919 bits per heavy atom. The van der Waals surface area contributed by atoms with Crippen LogP contribution >= 0.6 is 11.8 Å². The van der Waals surface area contributed by atoms with Crippen LogP contribution < -0.4 is 16.0 Å². The van der Waals surface area contributed by atoms with Crippen molar-refractivity contribution >= 4 is 56.8 Å². The van der Waals surface area contributed by atoms with Gasteiger partial charge in [0.2, 0.25) is 27.7 Å². The Balaban J connectivity index is 0.808. The summed E-state index contributed by atoms with van der Waals surface area (Å²) in [6.45, 7) is 2.40. The molecule has 2 fully saturated rings. The first-order chi connectivity index (χ1) is 29.9. The zero-order chi connectivity index (χ0) is 43.5. The Bertz CT molecular complexity index is 2480. The van der Waals surface area contributed by atoms with E-state index in [0.717, 1.165) is 65.9 Å². The van der Waals surface area contributed by atoms with Crippen LogP contribution in [0.2, 0.25) is 0 Å². The second-order valence-corrected chi connectivity index (χ2v) is 19.7. The lowest BCUT2D eigenvalue weighted by Gasteiger charge is -2.39. The molecule has 0 aromatic heterocycles. The van der Waals surface area contributed by atoms with Crippen molar-refractivity contribution in [3.63, 3.8) is 0 Å². The number of aliphatic hydroxyl groups excluding tert-OH is 1. The smallest absolute Gasteiger partial charge is 0.255 e. The van der Waals surface area contributed by atoms with E-state index in [2.05, 4.69) is 16.0 Å². The number of fused-ring (bicyclic) bond motifs is 4. The molecule has 4 aromatic carbocycles. The summed E-state index contributed by atoms with van der Waals surface area (Å²) in [5, 5.41) is 18.9. The maximum absolute atomic E-state index is 15.5. The Kier molecular flexibility index (Phi) is 13.1. The first kappa shape index (κ1) is 43.6. The highest BCUT2D eigenvalue weighted by Crippen LogP contribution is 2.49. The van der Waals surface area contributed by atoms with E-state index < -0.39 is 33.8 Å². The van der Waals surface area contributed by atoms with Crippen molar-refractivity contribution in [2.45, 2.75) is 106 Å². The van der Waals surface area contributed by atoms with Gasteiger partial charge in [-0.2, -0.15) is 4.31 Å². The number of carbonyl (C=O) groups is 4. The fourth-order valence-corrected chi connectivity index (χ4v) is 12.1. The number of anilines is 2. The van der Waals surface area contributed by atoms with Crippen LogP contribution in [0.3, 0.4) is 0 Å². The average molecular weight is 882 g/mol. The van der Waals surface area contributed by atoms with Gasteiger partial charge in [0.1, 0.15) is 11.9 Å². The Hall–Kier alpha value is -5.09. The van der Waals surface area contributed by atoms with Crippen molar-refractivity contribution in [1.82, 2.24) is 14.5 Å². The third-order valence-corrected chi connectivity index (χ3v) is 15.7. The summed E-state index contributed by atoms with van der Waals surface area (Å²) >= 11 is 1.72. The number of carbonyl (C=O) groups excluding carboxylic acids is 4. The van der Waals surface area contributed by atoms with E-state index >= 15 is 4.39 Å². The highest BCUT2D eigenvalue weighted by atomic mass is 32.2. The fraction of sp³-hybridized carbons (Fsp3) is 0.404. The zero-order valence-electron chi connectivity index (χ0n) is 34.7. The number of thioether (sulfide) groups is 1. The predicted molar refractivity (Wildman–Crippen MR) is 236 cm³/mol. The molecular weight excluding hydrogens is 830 g/mol. The number of benzene rings is 4. The number of hydrogen-bond donors (Lipinski definition) is 4. The molecule has 62 heavy (non-hydrogen) atoms. The van der Waals surface area contributed by atoms with Crippen LogP contribution in [-0.4, -0.2) is 77.3 Å². The number of nitrogens with zero attached hydrogens (tertiary/aromatic N) is 2. The summed E-state index contributed by atoms with van der Waals surface area (Å²) in [7, 11) is -3.87. The van der Waals surface area contributed by atoms with Crippen LogP contribution in [0.5, 0.6) is 0 Å². The minimum atomic E-state index is -3.87. The second-order valence-electron chi connectivity index (χ2n) is 16.7. The zero-order valence-corrected chi connectivity index (χ0v) is 36.3. The molecule has 4 heterocycles. The van der Waals surface area contributed by atoms with Gasteiger partial charge in [0.25, 0.3) is 5.91 Å². The number of nitrogens with one attached hydrogen (secondary N) is 3. The summed E-state index contributed by atoms with van der Waals surface area (Å²) < 4.78 is 45.0. The van der Waals surface area contributed by atoms with Gasteiger partial charge < -0.3 is 20.6 Å². The van der Waals surface area contributed by atoms with Gasteiger partial charge in [-0.1, -0.05) is 55.5 Å². The summed E-state index contributed by atoms with van der Waals surface area (Å²) in [4.78, 5) is 53.0. The van der Waals surface area contributed by atoms with Crippen LogP contribution in [0.15, 0.2) is 88.7 Å². The molecule has 0 radical (unpaired) electrons. The molecule has 4 aliphatic rings. The average Bonchev–Trinajstić information content (AvgIpc) is 3.86. The largest absolute Gasteiger partial charge is 0.394 e. The van der Waals surface area contributed by atoms with Gasteiger partial charge in [0, 0.05) is 59.2 Å². The molecule has 15 heteroatoms. The highest BCUT2D eigenvalue weighted by Gasteiger charge is 2.48. The first-order valence-electron chi connectivity index (χ1n) is 21.5. The van der Waals surface area contributed by atoms with Crippen molar-refractivity contribution in [3.05, 3.63) is 107 Å². The van der Waals surface area contributed by atoms with Crippen LogP contribution in [0.4, 0.5) is 15.8 Å². The maximum Gasteiger partial charge on any atom is 0.255 e. The molecule has 0 bridgehead atoms. The normalized spacial score (nSPS) is 21.0. The van der Waals surface area contributed by atoms with E-state index in [1.807, 2.05) is 25.1 Å². The summed E-state index contributed by atoms with van der Waals surface area (Å²) in [5.74, 6) is -0.789. The third kappa shape index (κ3) is 9.03. The molecule has 0 saturated carbocycles. The van der Waals surface area contributed by atoms with Gasteiger partial charge in [-0.25, -0.2) is 12.8 Å². The standard InChI is InChI=1S/C47H52FN5O7S2/c1-29-12-16-32(17-13-29)62(59,60)53-23-22-34-40(28-54)50-39-19-14-30(25-36(39)45(34)53)35-26-31(15-18-38(35)48)49-43(55)11-6-4-2-3-5-7-24-61-42-10-8-9-33-37(42)27-52(47(33)58)41-20-21-44(56)51-46(41)57/h8-10,12-19,25-26,34,40-41,45,50,54H,2-7,11,20-24,27-28H2,1H3,(H,49,55)(H,51,56,57)/t34-,40+,41?,45-/m1/s1. The van der Waals surface area contributed by atoms with Gasteiger partial charge in [-0.15, -0.1) is 11.8 Å². The molecule has 0 aliphatic carbocycles. The number of amides is 4. The summed E-state index contributed by atoms with van der Waals surface area (Å²) in [6.07, 6.45) is 7.15. The highest BCUT2D eigenvalue weighted by molar-refractivity contribution is 7.99. The lowest BCUT2D eigenvalue weighted by molar-refractivity contribution is -0.137. The Labute approximate surface area is 366 Å². The number of aliphatic hydroxyl groups is 1. The molecule has 4 atom stereocenters. The SMILES string of the molecule is Cc1ccc(S(=O)(=O)N2CC[C@@H]3[C@H](CO)Nc4ccc(-c5cc(NC(=O)CCCCCCCCSc6cccc7c6CN(C6CCC(=O)NC6=O)C7=O)ccc5F)cc4[C@@H]32)cc1. The Morgan fingerprint density at radius 2 is 1.69 bits per heavy atom. The summed E-state index contributed by atoms with van der Waals surface area (Å²) in [5.41, 5.74) is 5.24. The number of unbranched alkanes of at least 4 members (excludes halogenated alkanes) is 5. The maximum atomic E-state index is 15.5. The molecule has 8 rings (SSSR count). The topological polar surface area (TPSA) is 165 Å². The quantitative estimate of drug-likeness (QED) is 0.0505. The lowest BCUT2D eigenvalue weighted by Crippen LogP contribution is -2.52. The minimum absolute atomic E-state index is 0.153. The molecular formula is C47H52FN5O7S2. The molecule has 4 aromatic rings. The van der Waals surface area contributed by atoms with Gasteiger partial charge in [0.15, 0.2) is 0 Å². The molecule has 4 N–H and O–H groups in total. The van der Waals surface area contributed by atoms with Crippen LogP contribution in [-0.2, 0) is 31.0 Å². The van der Waals surface area contributed by atoms with Crippen molar-refractivity contribution in [2.24, 2.45) is 5.92 Å². The Morgan fingerprint density at radius 3 is 2.47 bits per heavy atom. The van der Waals surface area contributed by atoms with Crippen molar-refractivity contribution < 1.29 is 37.1 Å². The number of aryl methyl sites for hydroxylation is 1. The molecule has 326 valence electrons. The van der Waals surface area contributed by atoms with E-state index in [-0.39, 0.29) is 53.2 Å². The van der Waals surface area contributed by atoms with Crippen molar-refractivity contribution in [2.75, 3.05) is 29.5 Å². The van der Waals surface area contributed by atoms with Gasteiger partial charge in [-0.3, -0.25) is 24.5 Å². The number of imide groups is 1. The molecule has 4 amide bonds. The number of piperidine rings is 1. The minimum Gasteiger partial charge on any atom is -0.394 e. The van der Waals surface area contributed by atoms with Crippen molar-refractivity contribution in [1.29, 1.82) is 0 Å². The molecule has 4 aliphatic heterocycles. The van der Waals surface area contributed by atoms with E-state index in [4.69, 9.17) is 0 Å². The predicted octanol–water partition coefficient (Wildman–Crippen LogP) is 7.56. The molecule has 1 unspecified atom stereocenters. The number of sulfonamides is 1. The third-order valence-electron chi connectivity index (χ3n) is 12.6. The van der Waals surface area contributed by atoms with Crippen LogP contribution in [0.1, 0.15) is 97.3 Å². The number of halogens is 1. The number of rotatable bonds is 16. The lowest BCUT2D eigenvalue weighted by atomic mass is 9.82. The van der Waals surface area contributed by atoms with Gasteiger partial charge in [-0.05, 0) is 110 Å². The van der Waals surface area contributed by atoms with Gasteiger partial charge in [0.05, 0.1) is 23.6 Å². The molecule has 12 nitrogen and oxygen atoms in total. The first-order valence-corrected chi connectivity index (χ1v) is 23.9. The van der Waals surface area contributed by atoms with E-state index in [1.54, 1.807) is 71.3 Å². The van der Waals surface area contributed by atoms with E-state index in [9.17, 15) is 32.7 Å². The fourth-order valence-electron chi connectivity index (χ4n) is 9.32. The van der Waals surface area contributed by atoms with Gasteiger partial charge >= 0.3 is 0 Å². The van der Waals surface area contributed by atoms with Crippen molar-refractivity contribution in [3.8, 4) is 11.1 Å². The van der Waals surface area contributed by atoms with Crippen LogP contribution in [0, 0.1) is 18.7 Å². The summed E-state index contributed by atoms with van der Waals surface area (Å²) in [6, 6.07) is 20.8. The number of hydrogen-bond acceptors (Lipinski definition) is 9.